The molecule has 1 amide bonds. The summed E-state index contributed by atoms with van der Waals surface area (Å²) in [6, 6.07) is 5.09. The number of guanidine groups is 1. The molecule has 26 heavy (non-hydrogen) atoms. The van der Waals surface area contributed by atoms with Crippen LogP contribution in [-0.4, -0.2) is 57.2 Å². The molecule has 0 aliphatic carbocycles. The Morgan fingerprint density at radius 2 is 2.15 bits per heavy atom. The Bertz CT molecular complexity index is 619. The van der Waals surface area contributed by atoms with Crippen molar-refractivity contribution in [3.8, 4) is 0 Å². The van der Waals surface area contributed by atoms with Crippen LogP contribution in [0.5, 0.6) is 0 Å². The first-order chi connectivity index (χ1) is 12.0. The lowest BCUT2D eigenvalue weighted by Gasteiger charge is -2.16. The number of nitrogens with one attached hydrogen (secondary N) is 2. The minimum atomic E-state index is -0.235. The second-order valence-electron chi connectivity index (χ2n) is 6.50. The maximum absolute atomic E-state index is 13.7. The van der Waals surface area contributed by atoms with E-state index in [1.54, 1.807) is 27.1 Å². The van der Waals surface area contributed by atoms with Crippen molar-refractivity contribution in [1.29, 1.82) is 0 Å². The maximum Gasteiger partial charge on any atom is 0.241 e. The van der Waals surface area contributed by atoms with Gasteiger partial charge in [-0.05, 0) is 30.5 Å². The molecule has 1 heterocycles. The second kappa shape index (κ2) is 11.3. The molecule has 6 nitrogen and oxygen atoms in total. The topological polar surface area (TPSA) is 66.0 Å². The highest BCUT2D eigenvalue weighted by atomic mass is 127. The van der Waals surface area contributed by atoms with E-state index in [9.17, 15) is 9.18 Å². The summed E-state index contributed by atoms with van der Waals surface area (Å²) < 4.78 is 19.0. The molecule has 8 heteroatoms. The molecule has 0 bridgehead atoms. The van der Waals surface area contributed by atoms with Crippen LogP contribution >= 0.6 is 24.0 Å². The Morgan fingerprint density at radius 1 is 1.38 bits per heavy atom. The van der Waals surface area contributed by atoms with Crippen molar-refractivity contribution in [2.75, 3.05) is 40.4 Å². The molecule has 0 radical (unpaired) electrons. The van der Waals surface area contributed by atoms with Gasteiger partial charge in [0.2, 0.25) is 5.91 Å². The minimum Gasteiger partial charge on any atom is -0.381 e. The van der Waals surface area contributed by atoms with E-state index in [0.29, 0.717) is 24.0 Å². The molecule has 1 unspecified atom stereocenters. The fourth-order valence-corrected chi connectivity index (χ4v) is 2.38. The van der Waals surface area contributed by atoms with Crippen LogP contribution in [-0.2, 0) is 16.1 Å². The van der Waals surface area contributed by atoms with Gasteiger partial charge in [0.1, 0.15) is 5.82 Å². The first kappa shape index (κ1) is 22.6. The molecule has 1 saturated heterocycles. The number of aliphatic imine (C=N–C) groups is 1. The standard InChI is InChI=1S/C18H27FN4O2.HI/c1-13-4-5-14(8-16(13)19)9-20-18(22-11-17(24)23(2)3)21-10-15-6-7-25-12-15;/h4-5,8,15H,6-7,9-12H2,1-3H3,(H2,20,21,22);1H. The van der Waals surface area contributed by atoms with E-state index in [4.69, 9.17) is 4.74 Å². The Labute approximate surface area is 171 Å². The van der Waals surface area contributed by atoms with Crippen LogP contribution in [0.4, 0.5) is 4.39 Å². The lowest BCUT2D eigenvalue weighted by molar-refractivity contribution is -0.127. The highest BCUT2D eigenvalue weighted by molar-refractivity contribution is 14.0. The third kappa shape index (κ3) is 7.45. The van der Waals surface area contributed by atoms with Gasteiger partial charge in [-0.15, -0.1) is 24.0 Å². The van der Waals surface area contributed by atoms with Gasteiger partial charge >= 0.3 is 0 Å². The van der Waals surface area contributed by atoms with Gasteiger partial charge in [0, 0.05) is 33.2 Å². The molecule has 1 fully saturated rings. The SMILES string of the molecule is Cc1ccc(CN=C(NCC(=O)N(C)C)NCC2CCOC2)cc1F.I. The number of likely N-dealkylation sites (N-methyl/N-ethyl adjacent to an activating group) is 1. The maximum atomic E-state index is 13.7. The molecule has 0 spiro atoms. The summed E-state index contributed by atoms with van der Waals surface area (Å²) in [5.41, 5.74) is 1.40. The highest BCUT2D eigenvalue weighted by Gasteiger charge is 2.16. The minimum absolute atomic E-state index is 0. The van der Waals surface area contributed by atoms with E-state index in [2.05, 4.69) is 15.6 Å². The molecule has 1 atom stereocenters. The van der Waals surface area contributed by atoms with Crippen LogP contribution in [0.15, 0.2) is 23.2 Å². The highest BCUT2D eigenvalue weighted by Crippen LogP contribution is 2.11. The molecule has 2 N–H and O–H groups in total. The Kier molecular flexibility index (Phi) is 9.85. The van der Waals surface area contributed by atoms with Crippen LogP contribution in [0.3, 0.4) is 0 Å². The summed E-state index contributed by atoms with van der Waals surface area (Å²) in [7, 11) is 3.42. The average Bonchev–Trinajstić information content (AvgIpc) is 3.10. The van der Waals surface area contributed by atoms with Crippen LogP contribution in [0.25, 0.3) is 0 Å². The Balaban J connectivity index is 0.00000338. The number of carbonyl (C=O) groups is 1. The molecule has 146 valence electrons. The molecular formula is C18H28FIN4O2. The van der Waals surface area contributed by atoms with Gasteiger partial charge < -0.3 is 20.3 Å². The average molecular weight is 478 g/mol. The normalized spacial score (nSPS) is 16.8. The summed E-state index contributed by atoms with van der Waals surface area (Å²) in [6.45, 7) is 4.47. The van der Waals surface area contributed by atoms with E-state index >= 15 is 0 Å². The number of hydrogen-bond donors (Lipinski definition) is 2. The van der Waals surface area contributed by atoms with Gasteiger partial charge in [0.05, 0.1) is 19.7 Å². The molecular weight excluding hydrogens is 450 g/mol. The quantitative estimate of drug-likeness (QED) is 0.373. The van der Waals surface area contributed by atoms with Gasteiger partial charge in [-0.2, -0.15) is 0 Å². The van der Waals surface area contributed by atoms with Crippen molar-refractivity contribution in [2.45, 2.75) is 19.9 Å². The zero-order chi connectivity index (χ0) is 18.2. The summed E-state index contributed by atoms with van der Waals surface area (Å²) >= 11 is 0. The number of aryl methyl sites for hydroxylation is 1. The lowest BCUT2D eigenvalue weighted by Crippen LogP contribution is -2.44. The number of benzene rings is 1. The number of hydrogen-bond acceptors (Lipinski definition) is 3. The van der Waals surface area contributed by atoms with E-state index in [-0.39, 0.29) is 42.2 Å². The molecule has 1 aliphatic rings. The van der Waals surface area contributed by atoms with Crippen molar-refractivity contribution in [3.05, 3.63) is 35.1 Å². The fraction of sp³-hybridized carbons (Fsp3) is 0.556. The molecule has 1 aromatic carbocycles. The summed E-state index contributed by atoms with van der Waals surface area (Å²) in [5, 5.41) is 6.28. The number of carbonyl (C=O) groups excluding carboxylic acids is 1. The van der Waals surface area contributed by atoms with Crippen molar-refractivity contribution in [2.24, 2.45) is 10.9 Å². The summed E-state index contributed by atoms with van der Waals surface area (Å²) in [6.07, 6.45) is 1.01. The van der Waals surface area contributed by atoms with Crippen molar-refractivity contribution in [1.82, 2.24) is 15.5 Å². The number of amides is 1. The van der Waals surface area contributed by atoms with Crippen molar-refractivity contribution < 1.29 is 13.9 Å². The summed E-state index contributed by atoms with van der Waals surface area (Å²) in [5.74, 6) is 0.706. The van der Waals surface area contributed by atoms with Crippen LogP contribution in [0.2, 0.25) is 0 Å². The number of rotatable bonds is 6. The molecule has 1 aromatic rings. The Hall–Kier alpha value is -1.42. The molecule has 0 aromatic heterocycles. The zero-order valence-corrected chi connectivity index (χ0v) is 17.9. The van der Waals surface area contributed by atoms with Gasteiger partial charge in [-0.1, -0.05) is 12.1 Å². The van der Waals surface area contributed by atoms with E-state index < -0.39 is 0 Å². The van der Waals surface area contributed by atoms with Gasteiger partial charge in [-0.3, -0.25) is 4.79 Å². The van der Waals surface area contributed by atoms with Crippen LogP contribution in [0, 0.1) is 18.7 Å². The lowest BCUT2D eigenvalue weighted by atomic mass is 10.1. The third-order valence-electron chi connectivity index (χ3n) is 4.14. The number of ether oxygens (including phenoxy) is 1. The first-order valence-corrected chi connectivity index (χ1v) is 8.51. The van der Waals surface area contributed by atoms with Gasteiger partial charge in [0.15, 0.2) is 5.96 Å². The predicted molar refractivity (Wildman–Crippen MR) is 111 cm³/mol. The van der Waals surface area contributed by atoms with E-state index in [0.717, 1.165) is 31.7 Å². The smallest absolute Gasteiger partial charge is 0.241 e. The number of halogens is 2. The third-order valence-corrected chi connectivity index (χ3v) is 4.14. The van der Waals surface area contributed by atoms with Crippen LogP contribution in [0.1, 0.15) is 17.5 Å². The van der Waals surface area contributed by atoms with E-state index in [1.807, 2.05) is 6.07 Å². The zero-order valence-electron chi connectivity index (χ0n) is 15.5. The van der Waals surface area contributed by atoms with E-state index in [1.165, 1.54) is 11.0 Å². The van der Waals surface area contributed by atoms with Crippen molar-refractivity contribution in [3.63, 3.8) is 0 Å². The van der Waals surface area contributed by atoms with Gasteiger partial charge in [-0.25, -0.2) is 9.38 Å². The van der Waals surface area contributed by atoms with Gasteiger partial charge in [0.25, 0.3) is 0 Å². The molecule has 2 rings (SSSR count). The van der Waals surface area contributed by atoms with Crippen molar-refractivity contribution >= 4 is 35.8 Å². The molecule has 1 aliphatic heterocycles. The predicted octanol–water partition coefficient (Wildman–Crippen LogP) is 1.91. The monoisotopic (exact) mass is 478 g/mol. The largest absolute Gasteiger partial charge is 0.381 e. The molecule has 0 saturated carbocycles. The fourth-order valence-electron chi connectivity index (χ4n) is 2.38. The summed E-state index contributed by atoms with van der Waals surface area (Å²) in [4.78, 5) is 17.8. The Morgan fingerprint density at radius 3 is 2.77 bits per heavy atom. The number of nitrogens with zero attached hydrogens (tertiary/aromatic N) is 2. The first-order valence-electron chi connectivity index (χ1n) is 8.51. The second-order valence-corrected chi connectivity index (χ2v) is 6.50. The van der Waals surface area contributed by atoms with Crippen LogP contribution < -0.4 is 10.6 Å².